The number of hydrogen-bond acceptors (Lipinski definition) is 2. The molecule has 0 spiro atoms. The number of carboxylic acids is 1. The molecule has 1 rings (SSSR count). The average molecular weight is 284 g/mol. The van der Waals surface area contributed by atoms with Crippen LogP contribution in [0.25, 0.3) is 0 Å². The molecule has 0 radical (unpaired) electrons. The van der Waals surface area contributed by atoms with Crippen LogP contribution < -0.4 is 4.74 Å². The fourth-order valence-corrected chi connectivity index (χ4v) is 1.99. The van der Waals surface area contributed by atoms with Gasteiger partial charge >= 0.3 is 5.97 Å². The van der Waals surface area contributed by atoms with Crippen molar-refractivity contribution in [1.29, 1.82) is 0 Å². The largest absolute Gasteiger partial charge is 0.479 e. The molecule has 88 valence electrons. The van der Waals surface area contributed by atoms with Gasteiger partial charge in [-0.2, -0.15) is 0 Å². The smallest absolute Gasteiger partial charge is 0.341 e. The Morgan fingerprint density at radius 2 is 1.56 bits per heavy atom. The van der Waals surface area contributed by atoms with Gasteiger partial charge in [-0.15, -0.1) is 0 Å². The Morgan fingerprint density at radius 3 is 1.94 bits per heavy atom. The lowest BCUT2D eigenvalue weighted by Gasteiger charge is -2.14. The molecule has 0 aliphatic heterocycles. The zero-order chi connectivity index (χ0) is 12.5. The average Bonchev–Trinajstić information content (AvgIpc) is 2.23. The summed E-state index contributed by atoms with van der Waals surface area (Å²) in [7, 11) is 0. The molecule has 3 nitrogen and oxygen atoms in total. The molecular formula is C10H9Cl3O3. The molecule has 1 aromatic carbocycles. The van der Waals surface area contributed by atoms with Crippen LogP contribution in [0.2, 0.25) is 15.1 Å². The van der Waals surface area contributed by atoms with Crippen LogP contribution >= 0.6 is 34.8 Å². The van der Waals surface area contributed by atoms with Crippen molar-refractivity contribution in [1.82, 2.24) is 0 Å². The van der Waals surface area contributed by atoms with Crippen molar-refractivity contribution in [2.75, 3.05) is 6.61 Å². The van der Waals surface area contributed by atoms with E-state index in [1.54, 1.807) is 13.8 Å². The van der Waals surface area contributed by atoms with Gasteiger partial charge in [0.2, 0.25) is 0 Å². The highest BCUT2D eigenvalue weighted by Gasteiger charge is 2.18. The number of carbonyl (C=O) groups is 1. The standard InChI is InChI=1S/C10H9Cl3O3/c1-4-7(11)5(2)9(13)10(8(4)12)16-3-6(14)15/h3H2,1-2H3,(H,14,15). The second kappa shape index (κ2) is 5.13. The first-order valence-electron chi connectivity index (χ1n) is 4.34. The highest BCUT2D eigenvalue weighted by molar-refractivity contribution is 6.42. The highest BCUT2D eigenvalue weighted by Crippen LogP contribution is 2.42. The summed E-state index contributed by atoms with van der Waals surface area (Å²) in [6.45, 7) is 2.92. The topological polar surface area (TPSA) is 46.5 Å². The van der Waals surface area contributed by atoms with E-state index in [4.69, 9.17) is 44.6 Å². The second-order valence-corrected chi connectivity index (χ2v) is 4.34. The van der Waals surface area contributed by atoms with Crippen molar-refractivity contribution in [2.24, 2.45) is 0 Å². The number of rotatable bonds is 3. The van der Waals surface area contributed by atoms with Crippen molar-refractivity contribution >= 4 is 40.8 Å². The zero-order valence-corrected chi connectivity index (χ0v) is 10.9. The Labute approximate surface area is 108 Å². The summed E-state index contributed by atoms with van der Waals surface area (Å²) in [5, 5.41) is 9.44. The molecule has 0 saturated carbocycles. The summed E-state index contributed by atoms with van der Waals surface area (Å²) in [5.41, 5.74) is 1.23. The van der Waals surface area contributed by atoms with Crippen LogP contribution in [-0.2, 0) is 4.79 Å². The molecule has 6 heteroatoms. The molecule has 1 aromatic rings. The van der Waals surface area contributed by atoms with Gasteiger partial charge in [0.1, 0.15) is 0 Å². The number of aliphatic carboxylic acids is 1. The maximum absolute atomic E-state index is 10.4. The van der Waals surface area contributed by atoms with Crippen LogP contribution in [0.1, 0.15) is 11.1 Å². The van der Waals surface area contributed by atoms with Gasteiger partial charge in [0, 0.05) is 5.02 Å². The first-order valence-corrected chi connectivity index (χ1v) is 5.47. The molecule has 0 saturated heterocycles. The van der Waals surface area contributed by atoms with Crippen LogP contribution in [0.15, 0.2) is 0 Å². The van der Waals surface area contributed by atoms with Crippen molar-refractivity contribution in [3.63, 3.8) is 0 Å². The van der Waals surface area contributed by atoms with E-state index in [0.29, 0.717) is 16.1 Å². The zero-order valence-electron chi connectivity index (χ0n) is 8.60. The minimum Gasteiger partial charge on any atom is -0.479 e. The quantitative estimate of drug-likeness (QED) is 0.919. The normalized spacial score (nSPS) is 10.3. The van der Waals surface area contributed by atoms with Gasteiger partial charge < -0.3 is 9.84 Å². The molecule has 0 heterocycles. The van der Waals surface area contributed by atoms with E-state index < -0.39 is 12.6 Å². The summed E-state index contributed by atoms with van der Waals surface area (Å²) < 4.78 is 5.02. The minimum atomic E-state index is -1.10. The molecule has 1 N–H and O–H groups in total. The van der Waals surface area contributed by atoms with Gasteiger partial charge in [0.15, 0.2) is 12.4 Å². The number of halogens is 3. The Hall–Kier alpha value is -0.640. The van der Waals surface area contributed by atoms with Crippen LogP contribution in [0.4, 0.5) is 0 Å². The van der Waals surface area contributed by atoms with E-state index in [1.165, 1.54) is 0 Å². The number of hydrogen-bond donors (Lipinski definition) is 1. The summed E-state index contributed by atoms with van der Waals surface area (Å²) in [6.07, 6.45) is 0. The molecule has 0 unspecified atom stereocenters. The molecule has 0 atom stereocenters. The van der Waals surface area contributed by atoms with E-state index in [1.807, 2.05) is 0 Å². The fourth-order valence-electron chi connectivity index (χ4n) is 1.17. The monoisotopic (exact) mass is 282 g/mol. The van der Waals surface area contributed by atoms with Crippen LogP contribution in [-0.4, -0.2) is 17.7 Å². The van der Waals surface area contributed by atoms with E-state index in [2.05, 4.69) is 0 Å². The lowest BCUT2D eigenvalue weighted by atomic mass is 10.1. The Balaban J connectivity index is 3.23. The molecule has 0 aliphatic carbocycles. The maximum Gasteiger partial charge on any atom is 0.341 e. The van der Waals surface area contributed by atoms with Crippen molar-refractivity contribution < 1.29 is 14.6 Å². The number of ether oxygens (including phenoxy) is 1. The molecular weight excluding hydrogens is 274 g/mol. The van der Waals surface area contributed by atoms with Gasteiger partial charge in [-0.3, -0.25) is 0 Å². The lowest BCUT2D eigenvalue weighted by Crippen LogP contribution is -2.10. The molecule has 0 aromatic heterocycles. The van der Waals surface area contributed by atoms with Crippen molar-refractivity contribution in [2.45, 2.75) is 13.8 Å². The van der Waals surface area contributed by atoms with Crippen molar-refractivity contribution in [3.05, 3.63) is 26.2 Å². The van der Waals surface area contributed by atoms with Crippen LogP contribution in [0.3, 0.4) is 0 Å². The van der Waals surface area contributed by atoms with Gasteiger partial charge in [-0.1, -0.05) is 34.8 Å². The van der Waals surface area contributed by atoms with Crippen LogP contribution in [0, 0.1) is 13.8 Å². The summed E-state index contributed by atoms with van der Waals surface area (Å²) >= 11 is 17.9. The first kappa shape index (κ1) is 13.4. The van der Waals surface area contributed by atoms with Crippen LogP contribution in [0.5, 0.6) is 5.75 Å². The van der Waals surface area contributed by atoms with Gasteiger partial charge in [0.05, 0.1) is 10.0 Å². The van der Waals surface area contributed by atoms with E-state index in [-0.39, 0.29) is 15.8 Å². The first-order chi connectivity index (χ1) is 7.36. The van der Waals surface area contributed by atoms with E-state index in [0.717, 1.165) is 0 Å². The molecule has 16 heavy (non-hydrogen) atoms. The second-order valence-electron chi connectivity index (χ2n) is 3.20. The van der Waals surface area contributed by atoms with Crippen molar-refractivity contribution in [3.8, 4) is 5.75 Å². The fraction of sp³-hybridized carbons (Fsp3) is 0.300. The minimum absolute atomic E-state index is 0.158. The molecule has 0 amide bonds. The number of carboxylic acid groups (broad SMARTS) is 1. The SMILES string of the molecule is Cc1c(Cl)c(C)c(Cl)c(OCC(=O)O)c1Cl. The summed E-state index contributed by atoms with van der Waals surface area (Å²) in [4.78, 5) is 10.4. The lowest BCUT2D eigenvalue weighted by molar-refractivity contribution is -0.139. The van der Waals surface area contributed by atoms with Gasteiger partial charge in [0.25, 0.3) is 0 Å². The predicted molar refractivity (Wildman–Crippen MR) is 64.1 cm³/mol. The maximum atomic E-state index is 10.4. The third kappa shape index (κ3) is 2.54. The summed E-state index contributed by atoms with van der Waals surface area (Å²) in [6, 6.07) is 0. The van der Waals surface area contributed by atoms with Gasteiger partial charge in [-0.05, 0) is 25.0 Å². The molecule has 0 aliphatic rings. The third-order valence-corrected chi connectivity index (χ3v) is 3.53. The Morgan fingerprint density at radius 1 is 1.12 bits per heavy atom. The Kier molecular flexibility index (Phi) is 4.30. The third-order valence-electron chi connectivity index (χ3n) is 2.06. The van der Waals surface area contributed by atoms with E-state index in [9.17, 15) is 4.79 Å². The highest BCUT2D eigenvalue weighted by atomic mass is 35.5. The predicted octanol–water partition coefficient (Wildman–Crippen LogP) is 3.73. The molecule has 0 fully saturated rings. The van der Waals surface area contributed by atoms with E-state index >= 15 is 0 Å². The Bertz CT molecular complexity index is 414. The summed E-state index contributed by atoms with van der Waals surface area (Å²) in [5.74, 6) is -0.942. The number of benzene rings is 1. The van der Waals surface area contributed by atoms with Gasteiger partial charge in [-0.25, -0.2) is 4.79 Å². The molecule has 0 bridgehead atoms.